The molecule has 162 valence electrons. The third kappa shape index (κ3) is 5.22. The molecule has 3 aromatic rings. The van der Waals surface area contributed by atoms with E-state index in [2.05, 4.69) is 4.72 Å². The van der Waals surface area contributed by atoms with Crippen molar-refractivity contribution in [3.05, 3.63) is 95.6 Å². The Hall–Kier alpha value is -3.37. The van der Waals surface area contributed by atoms with E-state index < -0.39 is 38.5 Å². The maximum Gasteiger partial charge on any atom is 0.416 e. The van der Waals surface area contributed by atoms with Gasteiger partial charge in [-0.3, -0.25) is 14.7 Å². The Kier molecular flexibility index (Phi) is 6.32. The van der Waals surface area contributed by atoms with E-state index in [1.54, 1.807) is 35.8 Å². The van der Waals surface area contributed by atoms with Crippen molar-refractivity contribution >= 4 is 21.6 Å². The standard InChI is InChI=1S/C21H17F3N2O4S/c22-21(23,24)16-7-4-8-18(13-16)31(29,30)26-17-11-9-15(10-12-17)19(20(27)25-28)14-5-2-1-3-6-14/h1-13,19,26,28H,(H,25,27). The van der Waals surface area contributed by atoms with Gasteiger partial charge in [-0.25, -0.2) is 13.9 Å². The molecule has 0 saturated heterocycles. The summed E-state index contributed by atoms with van der Waals surface area (Å²) in [6.07, 6.45) is -4.67. The number of benzene rings is 3. The summed E-state index contributed by atoms with van der Waals surface area (Å²) in [6, 6.07) is 17.7. The van der Waals surface area contributed by atoms with Crippen LogP contribution in [0, 0.1) is 0 Å². The molecule has 0 aliphatic rings. The summed E-state index contributed by atoms with van der Waals surface area (Å²) in [5.41, 5.74) is 1.70. The Bertz CT molecular complexity index is 1170. The Morgan fingerprint density at radius 3 is 2.06 bits per heavy atom. The molecule has 3 rings (SSSR count). The second-order valence-corrected chi connectivity index (χ2v) is 8.26. The van der Waals surface area contributed by atoms with Gasteiger partial charge in [0.15, 0.2) is 0 Å². The monoisotopic (exact) mass is 450 g/mol. The first kappa shape index (κ1) is 22.3. The highest BCUT2D eigenvalue weighted by atomic mass is 32.2. The van der Waals surface area contributed by atoms with E-state index in [1.165, 1.54) is 24.3 Å². The zero-order valence-electron chi connectivity index (χ0n) is 15.8. The van der Waals surface area contributed by atoms with Gasteiger partial charge in [0, 0.05) is 5.69 Å². The minimum Gasteiger partial charge on any atom is -0.289 e. The lowest BCUT2D eigenvalue weighted by Crippen LogP contribution is -2.27. The van der Waals surface area contributed by atoms with Crippen molar-refractivity contribution in [1.82, 2.24) is 5.48 Å². The van der Waals surface area contributed by atoms with Gasteiger partial charge in [-0.1, -0.05) is 48.5 Å². The average molecular weight is 450 g/mol. The first-order chi connectivity index (χ1) is 14.6. The molecule has 0 heterocycles. The van der Waals surface area contributed by atoms with Crippen molar-refractivity contribution < 1.29 is 31.6 Å². The summed E-state index contributed by atoms with van der Waals surface area (Å²) in [7, 11) is -4.27. The van der Waals surface area contributed by atoms with Crippen LogP contribution in [0.2, 0.25) is 0 Å². The van der Waals surface area contributed by atoms with Crippen molar-refractivity contribution in [3.63, 3.8) is 0 Å². The third-order valence-corrected chi connectivity index (χ3v) is 5.85. The minimum atomic E-state index is -4.67. The number of halogens is 3. The Labute approximate surface area is 176 Å². The number of amides is 1. The quantitative estimate of drug-likeness (QED) is 0.389. The number of rotatable bonds is 6. The summed E-state index contributed by atoms with van der Waals surface area (Å²) in [5.74, 6) is -1.52. The van der Waals surface area contributed by atoms with Crippen molar-refractivity contribution in [2.75, 3.05) is 4.72 Å². The van der Waals surface area contributed by atoms with E-state index in [1.807, 2.05) is 0 Å². The molecule has 0 saturated carbocycles. The normalized spacial score (nSPS) is 12.8. The Morgan fingerprint density at radius 1 is 0.871 bits per heavy atom. The van der Waals surface area contributed by atoms with Crippen LogP contribution in [0.15, 0.2) is 83.8 Å². The molecule has 1 amide bonds. The van der Waals surface area contributed by atoms with Crippen LogP contribution in [-0.2, 0) is 21.0 Å². The van der Waals surface area contributed by atoms with Gasteiger partial charge in [-0.05, 0) is 41.5 Å². The molecule has 0 aliphatic carbocycles. The lowest BCUT2D eigenvalue weighted by molar-refractivity contribution is -0.137. The Balaban J connectivity index is 1.87. The zero-order chi connectivity index (χ0) is 22.6. The highest BCUT2D eigenvalue weighted by molar-refractivity contribution is 7.92. The molecule has 0 fully saturated rings. The molecule has 0 spiro atoms. The van der Waals surface area contributed by atoms with Gasteiger partial charge in [-0.15, -0.1) is 0 Å². The van der Waals surface area contributed by atoms with E-state index in [-0.39, 0.29) is 5.69 Å². The van der Waals surface area contributed by atoms with Crippen LogP contribution in [-0.4, -0.2) is 19.5 Å². The topological polar surface area (TPSA) is 95.5 Å². The highest BCUT2D eigenvalue weighted by Crippen LogP contribution is 2.31. The molecule has 1 atom stereocenters. The molecule has 3 aromatic carbocycles. The first-order valence-corrected chi connectivity index (χ1v) is 10.4. The van der Waals surface area contributed by atoms with E-state index in [0.29, 0.717) is 17.2 Å². The molecule has 3 N–H and O–H groups in total. The predicted molar refractivity (Wildman–Crippen MR) is 107 cm³/mol. The van der Waals surface area contributed by atoms with Crippen LogP contribution in [0.5, 0.6) is 0 Å². The number of sulfonamides is 1. The minimum absolute atomic E-state index is 0.0948. The maximum absolute atomic E-state index is 12.9. The van der Waals surface area contributed by atoms with Crippen LogP contribution in [0.4, 0.5) is 18.9 Å². The maximum atomic E-state index is 12.9. The van der Waals surface area contributed by atoms with E-state index in [0.717, 1.165) is 18.2 Å². The second-order valence-electron chi connectivity index (χ2n) is 6.57. The molecular weight excluding hydrogens is 433 g/mol. The smallest absolute Gasteiger partial charge is 0.289 e. The number of anilines is 1. The first-order valence-electron chi connectivity index (χ1n) is 8.91. The molecule has 0 bridgehead atoms. The predicted octanol–water partition coefficient (Wildman–Crippen LogP) is 4.14. The van der Waals surface area contributed by atoms with E-state index in [4.69, 9.17) is 5.21 Å². The van der Waals surface area contributed by atoms with E-state index in [9.17, 15) is 26.4 Å². The highest BCUT2D eigenvalue weighted by Gasteiger charge is 2.31. The zero-order valence-corrected chi connectivity index (χ0v) is 16.6. The molecule has 31 heavy (non-hydrogen) atoms. The van der Waals surface area contributed by atoms with Crippen molar-refractivity contribution in [2.24, 2.45) is 0 Å². The number of hydrogen-bond donors (Lipinski definition) is 3. The third-order valence-electron chi connectivity index (χ3n) is 4.47. The van der Waals surface area contributed by atoms with Crippen LogP contribution >= 0.6 is 0 Å². The van der Waals surface area contributed by atoms with Crippen LogP contribution in [0.3, 0.4) is 0 Å². The SMILES string of the molecule is O=C(NO)C(c1ccccc1)c1ccc(NS(=O)(=O)c2cccc(C(F)(F)F)c2)cc1. The van der Waals surface area contributed by atoms with Crippen molar-refractivity contribution in [2.45, 2.75) is 17.0 Å². The summed E-state index contributed by atoms with van der Waals surface area (Å²) >= 11 is 0. The molecule has 1 unspecified atom stereocenters. The summed E-state index contributed by atoms with van der Waals surface area (Å²) in [6.45, 7) is 0. The molecule has 0 aliphatic heterocycles. The fourth-order valence-electron chi connectivity index (χ4n) is 3.00. The molecule has 0 aromatic heterocycles. The molecular formula is C21H17F3N2O4S. The van der Waals surface area contributed by atoms with Crippen molar-refractivity contribution in [3.8, 4) is 0 Å². The van der Waals surface area contributed by atoms with Crippen LogP contribution in [0.25, 0.3) is 0 Å². The van der Waals surface area contributed by atoms with Crippen molar-refractivity contribution in [1.29, 1.82) is 0 Å². The largest absolute Gasteiger partial charge is 0.416 e. The second kappa shape index (κ2) is 8.78. The summed E-state index contributed by atoms with van der Waals surface area (Å²) in [4.78, 5) is 11.6. The lowest BCUT2D eigenvalue weighted by atomic mass is 9.90. The van der Waals surface area contributed by atoms with Gasteiger partial charge in [0.25, 0.3) is 15.9 Å². The van der Waals surface area contributed by atoms with Gasteiger partial charge >= 0.3 is 6.18 Å². The Morgan fingerprint density at radius 2 is 1.48 bits per heavy atom. The number of nitrogens with one attached hydrogen (secondary N) is 2. The number of hydrogen-bond acceptors (Lipinski definition) is 4. The number of carbonyl (C=O) groups excluding carboxylic acids is 1. The van der Waals surface area contributed by atoms with Gasteiger partial charge in [0.1, 0.15) is 0 Å². The fourth-order valence-corrected chi connectivity index (χ4v) is 4.11. The summed E-state index contributed by atoms with van der Waals surface area (Å²) in [5, 5.41) is 9.07. The van der Waals surface area contributed by atoms with Crippen LogP contribution in [0.1, 0.15) is 22.6 Å². The van der Waals surface area contributed by atoms with Gasteiger partial charge in [-0.2, -0.15) is 13.2 Å². The molecule has 10 heteroatoms. The molecule has 0 radical (unpaired) electrons. The lowest BCUT2D eigenvalue weighted by Gasteiger charge is -2.16. The van der Waals surface area contributed by atoms with Gasteiger partial charge in [0.05, 0.1) is 16.4 Å². The van der Waals surface area contributed by atoms with Gasteiger partial charge < -0.3 is 0 Å². The number of carbonyl (C=O) groups is 1. The van der Waals surface area contributed by atoms with Gasteiger partial charge in [0.2, 0.25) is 0 Å². The van der Waals surface area contributed by atoms with E-state index >= 15 is 0 Å². The summed E-state index contributed by atoms with van der Waals surface area (Å²) < 4.78 is 65.8. The number of hydroxylamine groups is 1. The number of alkyl halides is 3. The molecule has 6 nitrogen and oxygen atoms in total. The fraction of sp³-hybridized carbons (Fsp3) is 0.0952. The average Bonchev–Trinajstić information content (AvgIpc) is 2.75. The van der Waals surface area contributed by atoms with Crippen LogP contribution < -0.4 is 10.2 Å².